The maximum atomic E-state index is 10.7. The number of hydrogen-bond acceptors (Lipinski definition) is 4. The number of hydrogen-bond donors (Lipinski definition) is 1. The topological polar surface area (TPSA) is 55.8 Å². The number of fused-ring (bicyclic) bond motifs is 2. The van der Waals surface area contributed by atoms with Gasteiger partial charge in [0.1, 0.15) is 12.2 Å². The van der Waals surface area contributed by atoms with Crippen molar-refractivity contribution in [2.45, 2.75) is 43.8 Å². The molecule has 0 atom stereocenters. The van der Waals surface area contributed by atoms with Gasteiger partial charge in [0.05, 0.1) is 12.2 Å². The second kappa shape index (κ2) is 3.21. The molecular weight excluding hydrogens is 184 g/mol. The van der Waals surface area contributed by atoms with Crippen LogP contribution >= 0.6 is 0 Å². The predicted molar refractivity (Wildman–Crippen MR) is 48.7 cm³/mol. The summed E-state index contributed by atoms with van der Waals surface area (Å²) in [6.07, 6.45) is 3.54. The lowest BCUT2D eigenvalue weighted by Gasteiger charge is -2.23. The lowest BCUT2D eigenvalue weighted by Crippen LogP contribution is -2.32. The molecule has 0 aliphatic carbocycles. The summed E-state index contributed by atoms with van der Waals surface area (Å²) in [5.41, 5.74) is -0.630. The lowest BCUT2D eigenvalue weighted by molar-refractivity contribution is -0.152. The lowest BCUT2D eigenvalue weighted by atomic mass is 9.83. The first-order valence-electron chi connectivity index (χ1n) is 5.04. The Kier molecular flexibility index (Phi) is 2.27. The minimum absolute atomic E-state index is 0.0782. The standard InChI is InChI=1S/C10H16O4/c1-8(12)13-7-10-4-2-9(6-11,14-10)3-5-10/h11H,2-7H2,1H3. The first kappa shape index (κ1) is 9.93. The van der Waals surface area contributed by atoms with Crippen molar-refractivity contribution in [3.63, 3.8) is 0 Å². The van der Waals surface area contributed by atoms with Crippen molar-refractivity contribution in [3.05, 3.63) is 0 Å². The van der Waals surface area contributed by atoms with E-state index in [1.807, 2.05) is 0 Å². The minimum atomic E-state index is -0.333. The summed E-state index contributed by atoms with van der Waals surface area (Å²) < 4.78 is 10.8. The molecule has 2 aliphatic rings. The smallest absolute Gasteiger partial charge is 0.302 e. The highest BCUT2D eigenvalue weighted by atomic mass is 16.6. The quantitative estimate of drug-likeness (QED) is 0.679. The molecule has 4 nitrogen and oxygen atoms in total. The monoisotopic (exact) mass is 200 g/mol. The molecule has 1 N–H and O–H groups in total. The summed E-state index contributed by atoms with van der Waals surface area (Å²) in [6, 6.07) is 0. The Morgan fingerprint density at radius 3 is 2.36 bits per heavy atom. The summed E-state index contributed by atoms with van der Waals surface area (Å²) in [7, 11) is 0. The van der Waals surface area contributed by atoms with Crippen molar-refractivity contribution in [3.8, 4) is 0 Å². The third-order valence-electron chi connectivity index (χ3n) is 3.33. The van der Waals surface area contributed by atoms with Gasteiger partial charge in [0.15, 0.2) is 0 Å². The molecule has 0 aromatic rings. The molecule has 0 spiro atoms. The second-order valence-electron chi connectivity index (χ2n) is 4.41. The number of aliphatic hydroxyl groups is 1. The van der Waals surface area contributed by atoms with E-state index in [-0.39, 0.29) is 23.8 Å². The van der Waals surface area contributed by atoms with Gasteiger partial charge in [0.2, 0.25) is 0 Å². The molecule has 2 fully saturated rings. The summed E-state index contributed by atoms with van der Waals surface area (Å²) in [5, 5.41) is 9.20. The van der Waals surface area contributed by atoms with Crippen molar-refractivity contribution < 1.29 is 19.4 Å². The van der Waals surface area contributed by atoms with Crippen LogP contribution in [-0.4, -0.2) is 35.5 Å². The van der Waals surface area contributed by atoms with Gasteiger partial charge in [-0.25, -0.2) is 0 Å². The molecule has 2 rings (SSSR count). The molecule has 0 aromatic carbocycles. The Labute approximate surface area is 83.2 Å². The highest BCUT2D eigenvalue weighted by Gasteiger charge is 2.55. The first-order chi connectivity index (χ1) is 6.60. The van der Waals surface area contributed by atoms with E-state index in [4.69, 9.17) is 9.47 Å². The van der Waals surface area contributed by atoms with Crippen LogP contribution in [0.4, 0.5) is 0 Å². The fraction of sp³-hybridized carbons (Fsp3) is 0.900. The molecular formula is C10H16O4. The summed E-state index contributed by atoms with van der Waals surface area (Å²) in [5.74, 6) is -0.267. The average molecular weight is 200 g/mol. The number of ether oxygens (including phenoxy) is 2. The van der Waals surface area contributed by atoms with Crippen LogP contribution in [0.15, 0.2) is 0 Å². The fourth-order valence-electron chi connectivity index (χ4n) is 2.42. The molecule has 2 bridgehead atoms. The summed E-state index contributed by atoms with van der Waals surface area (Å²) in [4.78, 5) is 10.7. The van der Waals surface area contributed by atoms with Gasteiger partial charge in [-0.1, -0.05) is 0 Å². The molecule has 0 aromatic heterocycles. The van der Waals surface area contributed by atoms with Gasteiger partial charge in [-0.2, -0.15) is 0 Å². The van der Waals surface area contributed by atoms with Gasteiger partial charge in [0, 0.05) is 6.92 Å². The van der Waals surface area contributed by atoms with E-state index in [9.17, 15) is 9.90 Å². The third kappa shape index (κ3) is 1.53. The number of carbonyl (C=O) groups excluding carboxylic acids is 1. The maximum Gasteiger partial charge on any atom is 0.302 e. The zero-order chi connectivity index (χ0) is 10.2. The highest BCUT2D eigenvalue weighted by Crippen LogP contribution is 2.50. The van der Waals surface area contributed by atoms with Crippen LogP contribution in [-0.2, 0) is 14.3 Å². The molecule has 0 unspecified atom stereocenters. The van der Waals surface area contributed by atoms with Gasteiger partial charge < -0.3 is 14.6 Å². The first-order valence-corrected chi connectivity index (χ1v) is 5.04. The maximum absolute atomic E-state index is 10.7. The van der Waals surface area contributed by atoms with Crippen molar-refractivity contribution in [1.29, 1.82) is 0 Å². The van der Waals surface area contributed by atoms with Crippen LogP contribution in [0.5, 0.6) is 0 Å². The van der Waals surface area contributed by atoms with Gasteiger partial charge in [-0.3, -0.25) is 4.79 Å². The number of carbonyl (C=O) groups is 1. The molecule has 2 aliphatic heterocycles. The number of esters is 1. The van der Waals surface area contributed by atoms with Crippen LogP contribution < -0.4 is 0 Å². The van der Waals surface area contributed by atoms with E-state index >= 15 is 0 Å². The molecule has 0 amide bonds. The minimum Gasteiger partial charge on any atom is -0.463 e. The molecule has 2 saturated heterocycles. The second-order valence-corrected chi connectivity index (χ2v) is 4.41. The van der Waals surface area contributed by atoms with Crippen LogP contribution in [0.3, 0.4) is 0 Å². The Hall–Kier alpha value is -0.610. The normalized spacial score (nSPS) is 40.1. The Balaban J connectivity index is 1.97. The molecule has 14 heavy (non-hydrogen) atoms. The van der Waals surface area contributed by atoms with E-state index < -0.39 is 0 Å². The molecule has 4 heteroatoms. The Bertz CT molecular complexity index is 241. The van der Waals surface area contributed by atoms with E-state index in [0.717, 1.165) is 25.7 Å². The van der Waals surface area contributed by atoms with Gasteiger partial charge in [-0.05, 0) is 25.7 Å². The van der Waals surface area contributed by atoms with E-state index in [1.54, 1.807) is 0 Å². The summed E-state index contributed by atoms with van der Waals surface area (Å²) in [6.45, 7) is 1.82. The van der Waals surface area contributed by atoms with Crippen LogP contribution in [0.2, 0.25) is 0 Å². The van der Waals surface area contributed by atoms with Crippen LogP contribution in [0, 0.1) is 0 Å². The van der Waals surface area contributed by atoms with Crippen molar-refractivity contribution in [2.75, 3.05) is 13.2 Å². The van der Waals surface area contributed by atoms with E-state index in [0.29, 0.717) is 6.61 Å². The van der Waals surface area contributed by atoms with Crippen LogP contribution in [0.1, 0.15) is 32.6 Å². The zero-order valence-electron chi connectivity index (χ0n) is 8.41. The van der Waals surface area contributed by atoms with Gasteiger partial charge in [-0.15, -0.1) is 0 Å². The number of rotatable bonds is 3. The molecule has 0 saturated carbocycles. The van der Waals surface area contributed by atoms with Crippen molar-refractivity contribution >= 4 is 5.97 Å². The SMILES string of the molecule is CC(=O)OCC12CCC(CO)(CC1)O2. The van der Waals surface area contributed by atoms with E-state index in [1.165, 1.54) is 6.92 Å². The van der Waals surface area contributed by atoms with Crippen molar-refractivity contribution in [1.82, 2.24) is 0 Å². The Morgan fingerprint density at radius 1 is 1.36 bits per heavy atom. The number of aliphatic hydroxyl groups excluding tert-OH is 1. The van der Waals surface area contributed by atoms with Gasteiger partial charge in [0.25, 0.3) is 0 Å². The molecule has 2 heterocycles. The average Bonchev–Trinajstić information content (AvgIpc) is 2.72. The van der Waals surface area contributed by atoms with E-state index in [2.05, 4.69) is 0 Å². The molecule has 80 valence electrons. The predicted octanol–water partition coefficient (Wildman–Crippen LogP) is 0.624. The fourth-order valence-corrected chi connectivity index (χ4v) is 2.42. The third-order valence-corrected chi connectivity index (χ3v) is 3.33. The summed E-state index contributed by atoms with van der Waals surface area (Å²) >= 11 is 0. The molecule has 0 radical (unpaired) electrons. The van der Waals surface area contributed by atoms with Crippen molar-refractivity contribution in [2.24, 2.45) is 0 Å². The largest absolute Gasteiger partial charge is 0.463 e. The van der Waals surface area contributed by atoms with Gasteiger partial charge >= 0.3 is 5.97 Å². The zero-order valence-corrected chi connectivity index (χ0v) is 8.41. The highest BCUT2D eigenvalue weighted by molar-refractivity contribution is 5.65. The van der Waals surface area contributed by atoms with Crippen LogP contribution in [0.25, 0.3) is 0 Å². The Morgan fingerprint density at radius 2 is 1.93 bits per heavy atom.